The van der Waals surface area contributed by atoms with Crippen molar-refractivity contribution in [3.63, 3.8) is 0 Å². The number of hydrogen-bond acceptors (Lipinski definition) is 5. The Bertz CT molecular complexity index is 815. The molecule has 2 fully saturated rings. The van der Waals surface area contributed by atoms with E-state index in [4.69, 9.17) is 17.0 Å². The second kappa shape index (κ2) is 12.3. The Balaban J connectivity index is 1.31. The van der Waals surface area contributed by atoms with Crippen molar-refractivity contribution in [1.82, 2.24) is 9.80 Å². The molecular formula is C26H40N2O5. The van der Waals surface area contributed by atoms with Gasteiger partial charge in [0, 0.05) is 39.3 Å². The predicted octanol–water partition coefficient (Wildman–Crippen LogP) is 5.09. The van der Waals surface area contributed by atoms with Gasteiger partial charge in [-0.25, -0.2) is 9.59 Å². The molecule has 2 heterocycles. The van der Waals surface area contributed by atoms with Gasteiger partial charge in [0.05, 0.1) is 2.74 Å². The molecule has 2 saturated heterocycles. The van der Waals surface area contributed by atoms with Crippen molar-refractivity contribution >= 4 is 12.2 Å². The highest BCUT2D eigenvalue weighted by molar-refractivity contribution is 5.68. The molecule has 2 amide bonds. The predicted molar refractivity (Wildman–Crippen MR) is 127 cm³/mol. The molecule has 0 saturated carbocycles. The van der Waals surface area contributed by atoms with Crippen LogP contribution in [0.1, 0.15) is 61.2 Å². The number of piperidine rings is 2. The molecule has 0 aromatic heterocycles. The van der Waals surface area contributed by atoms with Crippen LogP contribution in [0.4, 0.5) is 9.59 Å². The van der Waals surface area contributed by atoms with E-state index in [1.807, 2.05) is 51.1 Å². The van der Waals surface area contributed by atoms with Crippen molar-refractivity contribution in [3.05, 3.63) is 35.9 Å². The van der Waals surface area contributed by atoms with E-state index >= 15 is 0 Å². The summed E-state index contributed by atoms with van der Waals surface area (Å²) in [7, 11) is 0. The normalized spacial score (nSPS) is 19.6. The highest BCUT2D eigenvalue weighted by Crippen LogP contribution is 2.23. The molecule has 3 rings (SSSR count). The third-order valence-corrected chi connectivity index (χ3v) is 6.10. The van der Waals surface area contributed by atoms with Crippen LogP contribution < -0.4 is 0 Å². The minimum atomic E-state index is -1.72. The molecule has 7 heteroatoms. The summed E-state index contributed by atoms with van der Waals surface area (Å²) >= 11 is 0. The van der Waals surface area contributed by atoms with E-state index in [1.165, 1.54) is 0 Å². The van der Waals surface area contributed by atoms with E-state index in [0.717, 1.165) is 24.8 Å². The van der Waals surface area contributed by atoms with Crippen molar-refractivity contribution < 1.29 is 26.5 Å². The zero-order valence-corrected chi connectivity index (χ0v) is 20.3. The SMILES string of the molecule is [2H]C([2H])(OCCC1CCN(C(=O)OCc2ccccc2)CC1)C1CCN(C(=O)OC(C)(C)C)CC1. The lowest BCUT2D eigenvalue weighted by Gasteiger charge is -2.33. The monoisotopic (exact) mass is 462 g/mol. The molecule has 0 radical (unpaired) electrons. The third kappa shape index (κ3) is 8.88. The maximum absolute atomic E-state index is 12.3. The average molecular weight is 463 g/mol. The highest BCUT2D eigenvalue weighted by atomic mass is 16.6. The molecule has 1 aromatic carbocycles. The maximum atomic E-state index is 12.3. The van der Waals surface area contributed by atoms with E-state index in [9.17, 15) is 9.59 Å². The fraction of sp³-hybridized carbons (Fsp3) is 0.692. The van der Waals surface area contributed by atoms with E-state index in [-0.39, 0.29) is 24.7 Å². The van der Waals surface area contributed by atoms with Crippen LogP contribution in [-0.2, 0) is 20.8 Å². The van der Waals surface area contributed by atoms with Crippen molar-refractivity contribution in [2.75, 3.05) is 39.3 Å². The molecule has 33 heavy (non-hydrogen) atoms. The maximum Gasteiger partial charge on any atom is 0.410 e. The quantitative estimate of drug-likeness (QED) is 0.565. The summed E-state index contributed by atoms with van der Waals surface area (Å²) in [4.78, 5) is 28.0. The number of likely N-dealkylation sites (tertiary alicyclic amines) is 2. The first-order valence-electron chi connectivity index (χ1n) is 13.1. The fourth-order valence-corrected chi connectivity index (χ4v) is 4.12. The first-order chi connectivity index (χ1) is 16.5. The molecule has 0 N–H and O–H groups in total. The van der Waals surface area contributed by atoms with Crippen LogP contribution in [0.2, 0.25) is 0 Å². The van der Waals surface area contributed by atoms with Gasteiger partial charge in [0.2, 0.25) is 0 Å². The molecule has 2 aliphatic rings. The average Bonchev–Trinajstić information content (AvgIpc) is 2.82. The van der Waals surface area contributed by atoms with Crippen molar-refractivity contribution in [1.29, 1.82) is 0 Å². The molecular weight excluding hydrogens is 420 g/mol. The largest absolute Gasteiger partial charge is 0.445 e. The smallest absolute Gasteiger partial charge is 0.410 e. The van der Waals surface area contributed by atoms with E-state index in [2.05, 4.69) is 0 Å². The van der Waals surface area contributed by atoms with Gasteiger partial charge in [-0.15, -0.1) is 0 Å². The molecule has 0 bridgehead atoms. The summed E-state index contributed by atoms with van der Waals surface area (Å²) in [6.45, 7) is 6.66. The molecule has 0 aliphatic carbocycles. The first-order valence-corrected chi connectivity index (χ1v) is 12.1. The number of benzene rings is 1. The Morgan fingerprint density at radius 1 is 0.939 bits per heavy atom. The third-order valence-electron chi connectivity index (χ3n) is 6.10. The van der Waals surface area contributed by atoms with Gasteiger partial charge >= 0.3 is 12.2 Å². The second-order valence-electron chi connectivity index (χ2n) is 9.97. The Morgan fingerprint density at radius 3 is 2.12 bits per heavy atom. The van der Waals surface area contributed by atoms with Gasteiger partial charge in [-0.05, 0) is 70.3 Å². The van der Waals surface area contributed by atoms with Crippen molar-refractivity contribution in [3.8, 4) is 0 Å². The van der Waals surface area contributed by atoms with Gasteiger partial charge in [-0.3, -0.25) is 0 Å². The molecule has 0 spiro atoms. The summed E-state index contributed by atoms with van der Waals surface area (Å²) in [5.41, 5.74) is 0.433. The van der Waals surface area contributed by atoms with E-state index in [0.29, 0.717) is 51.5 Å². The van der Waals surface area contributed by atoms with Crippen LogP contribution in [0, 0.1) is 11.8 Å². The number of amides is 2. The molecule has 2 aliphatic heterocycles. The van der Waals surface area contributed by atoms with Crippen LogP contribution in [-0.4, -0.2) is 66.9 Å². The van der Waals surface area contributed by atoms with Gasteiger partial charge in [-0.1, -0.05) is 30.3 Å². The van der Waals surface area contributed by atoms with Gasteiger partial charge in [-0.2, -0.15) is 0 Å². The number of rotatable bonds is 7. The Labute approximate surface area is 201 Å². The zero-order valence-electron chi connectivity index (χ0n) is 22.3. The standard InChI is InChI=1S/C26H40N2O5/c1-26(2,3)33-25(30)28-16-11-23(12-17-28)19-31-18-13-21-9-14-27(15-10-21)24(29)32-20-22-7-5-4-6-8-22/h4-8,21,23H,9-20H2,1-3H3/i19D2. The van der Waals surface area contributed by atoms with Crippen LogP contribution in [0.5, 0.6) is 0 Å². The molecule has 1 aromatic rings. The highest BCUT2D eigenvalue weighted by Gasteiger charge is 2.27. The Morgan fingerprint density at radius 2 is 1.52 bits per heavy atom. The fourth-order valence-electron chi connectivity index (χ4n) is 4.12. The van der Waals surface area contributed by atoms with Crippen molar-refractivity contribution in [2.24, 2.45) is 11.8 Å². The van der Waals surface area contributed by atoms with E-state index < -0.39 is 12.2 Å². The number of ether oxygens (including phenoxy) is 3. The summed E-state index contributed by atoms with van der Waals surface area (Å²) in [5, 5.41) is 0. The van der Waals surface area contributed by atoms with Crippen molar-refractivity contribution in [2.45, 2.75) is 65.1 Å². The number of hydrogen-bond donors (Lipinski definition) is 0. The number of nitrogens with zero attached hydrogens (tertiary/aromatic N) is 2. The van der Waals surface area contributed by atoms with Gasteiger partial charge in [0.15, 0.2) is 0 Å². The summed E-state index contributed by atoms with van der Waals surface area (Å²) < 4.78 is 33.3. The van der Waals surface area contributed by atoms with Crippen LogP contribution in [0.15, 0.2) is 30.3 Å². The molecule has 0 unspecified atom stereocenters. The van der Waals surface area contributed by atoms with Crippen LogP contribution in [0.3, 0.4) is 0 Å². The molecule has 0 atom stereocenters. The van der Waals surface area contributed by atoms with Crippen LogP contribution >= 0.6 is 0 Å². The lowest BCUT2D eigenvalue weighted by atomic mass is 9.94. The number of carbonyl (C=O) groups is 2. The summed E-state index contributed by atoms with van der Waals surface area (Å²) in [5.74, 6) is 0.153. The van der Waals surface area contributed by atoms with Crippen LogP contribution in [0.25, 0.3) is 0 Å². The Hall–Kier alpha value is -2.28. The summed E-state index contributed by atoms with van der Waals surface area (Å²) in [6.07, 6.45) is 2.97. The summed E-state index contributed by atoms with van der Waals surface area (Å²) in [6, 6.07) is 9.64. The molecule has 7 nitrogen and oxygen atoms in total. The van der Waals surface area contributed by atoms with E-state index in [1.54, 1.807) is 9.80 Å². The Kier molecular flexibility index (Phi) is 8.36. The minimum absolute atomic E-state index is 0.248. The zero-order chi connectivity index (χ0) is 25.5. The lowest BCUT2D eigenvalue weighted by Crippen LogP contribution is -2.42. The lowest BCUT2D eigenvalue weighted by molar-refractivity contribution is 0.0103. The molecule has 184 valence electrons. The van der Waals surface area contributed by atoms with Gasteiger partial charge in [0.25, 0.3) is 0 Å². The number of carbonyl (C=O) groups excluding carboxylic acids is 2. The first kappa shape index (κ1) is 22.5. The van der Waals surface area contributed by atoms with Gasteiger partial charge < -0.3 is 24.0 Å². The second-order valence-corrected chi connectivity index (χ2v) is 9.97. The van der Waals surface area contributed by atoms with Gasteiger partial charge in [0.1, 0.15) is 12.2 Å². The minimum Gasteiger partial charge on any atom is -0.445 e. The topological polar surface area (TPSA) is 68.3 Å².